The summed E-state index contributed by atoms with van der Waals surface area (Å²) in [7, 11) is 3.16. The highest BCUT2D eigenvalue weighted by atomic mass is 16.5. The molecule has 0 aromatic heterocycles. The molecule has 1 N–H and O–H groups in total. The average Bonchev–Trinajstić information content (AvgIpc) is 3.21. The molecule has 0 spiro atoms. The molecule has 0 saturated carbocycles. The number of methoxy groups -OCH3 is 2. The van der Waals surface area contributed by atoms with Gasteiger partial charge in [0.15, 0.2) is 11.3 Å². The van der Waals surface area contributed by atoms with Crippen molar-refractivity contribution in [3.8, 4) is 28.6 Å². The second-order valence-corrected chi connectivity index (χ2v) is 7.64. The normalized spacial score (nSPS) is 11.0. The molecular weight excluding hydrogens is 434 g/mol. The molecule has 0 bridgehead atoms. The Bertz CT molecular complexity index is 1520. The summed E-state index contributed by atoms with van der Waals surface area (Å²) in [4.78, 5) is 25.5. The fraction of sp³-hybridized carbons (Fsp3) is 0.115. The van der Waals surface area contributed by atoms with Gasteiger partial charge in [-0.2, -0.15) is 4.68 Å². The number of nitrogens with zero attached hydrogens (tertiary/aromatic N) is 2. The molecule has 170 valence electrons. The van der Waals surface area contributed by atoms with Crippen molar-refractivity contribution >= 4 is 16.9 Å². The largest absolute Gasteiger partial charge is 0.497 e. The Morgan fingerprint density at radius 3 is 2.56 bits per heavy atom. The summed E-state index contributed by atoms with van der Waals surface area (Å²) in [5.41, 5.74) is 2.49. The Kier molecular flexibility index (Phi) is 5.47. The van der Waals surface area contributed by atoms with Gasteiger partial charge in [0.25, 0.3) is 11.5 Å². The molecule has 34 heavy (non-hydrogen) atoms. The van der Waals surface area contributed by atoms with Crippen LogP contribution in [-0.2, 0) is 6.54 Å². The van der Waals surface area contributed by atoms with Crippen LogP contribution >= 0.6 is 0 Å². The maximum atomic E-state index is 13.0. The van der Waals surface area contributed by atoms with E-state index >= 15 is 0 Å². The molecule has 8 heteroatoms. The summed E-state index contributed by atoms with van der Waals surface area (Å²) in [6.07, 6.45) is 0. The second-order valence-electron chi connectivity index (χ2n) is 7.64. The number of fused-ring (bicyclic) bond motifs is 2. The first kappa shape index (κ1) is 21.3. The minimum absolute atomic E-state index is 0.210. The van der Waals surface area contributed by atoms with Gasteiger partial charge in [-0.3, -0.25) is 9.59 Å². The lowest BCUT2D eigenvalue weighted by Crippen LogP contribution is -2.23. The van der Waals surface area contributed by atoms with E-state index in [0.29, 0.717) is 34.7 Å². The molecule has 0 unspecified atom stereocenters. The van der Waals surface area contributed by atoms with Crippen molar-refractivity contribution in [3.63, 3.8) is 0 Å². The number of benzene rings is 3. The van der Waals surface area contributed by atoms with E-state index in [9.17, 15) is 9.59 Å². The number of ether oxygens (including phenoxy) is 2. The van der Waals surface area contributed by atoms with E-state index in [4.69, 9.17) is 13.9 Å². The Morgan fingerprint density at radius 2 is 1.79 bits per heavy atom. The van der Waals surface area contributed by atoms with Crippen molar-refractivity contribution in [1.29, 1.82) is 0 Å². The Balaban J connectivity index is 1.39. The quantitative estimate of drug-likeness (QED) is 0.415. The zero-order valence-corrected chi connectivity index (χ0v) is 18.6. The van der Waals surface area contributed by atoms with Gasteiger partial charge in [0, 0.05) is 17.5 Å². The van der Waals surface area contributed by atoms with Crippen molar-refractivity contribution in [2.24, 2.45) is 0 Å². The highest BCUT2D eigenvalue weighted by Crippen LogP contribution is 2.31. The summed E-state index contributed by atoms with van der Waals surface area (Å²) in [5, 5.41) is 7.97. The zero-order chi connectivity index (χ0) is 23.7. The first-order valence-corrected chi connectivity index (χ1v) is 10.6. The van der Waals surface area contributed by atoms with Gasteiger partial charge in [0.05, 0.1) is 19.9 Å². The number of rotatable bonds is 6. The van der Waals surface area contributed by atoms with Crippen LogP contribution in [-0.4, -0.2) is 29.9 Å². The van der Waals surface area contributed by atoms with E-state index in [-0.39, 0.29) is 17.4 Å². The lowest BCUT2D eigenvalue weighted by Gasteiger charge is -2.07. The predicted molar refractivity (Wildman–Crippen MR) is 127 cm³/mol. The predicted octanol–water partition coefficient (Wildman–Crippen LogP) is 4.03. The number of aromatic nitrogens is 2. The average molecular weight is 455 g/mol. The van der Waals surface area contributed by atoms with Gasteiger partial charge in [-0.25, -0.2) is 0 Å². The van der Waals surface area contributed by atoms with Gasteiger partial charge < -0.3 is 19.2 Å². The maximum absolute atomic E-state index is 13.0. The molecular formula is C26H21N3O5. The SMILES string of the molecule is COc1cccc(CNC(=O)c2ccc(-n3nc4oc5c(OC)cccc5cc-4c3=O)cc2)c1. The summed E-state index contributed by atoms with van der Waals surface area (Å²) in [6, 6.07) is 21.3. The van der Waals surface area contributed by atoms with Crippen LogP contribution < -0.4 is 20.3 Å². The smallest absolute Gasteiger partial charge is 0.284 e. The fourth-order valence-corrected chi connectivity index (χ4v) is 3.76. The van der Waals surface area contributed by atoms with Crippen LogP contribution in [0.15, 0.2) is 82.0 Å². The molecule has 0 fully saturated rings. The third-order valence-electron chi connectivity index (χ3n) is 5.53. The molecule has 3 aromatic carbocycles. The van der Waals surface area contributed by atoms with Crippen molar-refractivity contribution in [2.45, 2.75) is 6.54 Å². The summed E-state index contributed by atoms with van der Waals surface area (Å²) in [5.74, 6) is 1.28. The lowest BCUT2D eigenvalue weighted by atomic mass is 10.1. The summed E-state index contributed by atoms with van der Waals surface area (Å²) >= 11 is 0. The number of para-hydroxylation sites is 1. The van der Waals surface area contributed by atoms with Crippen LogP contribution in [0.1, 0.15) is 15.9 Å². The molecule has 0 aliphatic carbocycles. The number of carbonyl (C=O) groups excluding carboxylic acids is 1. The Hall–Kier alpha value is -4.59. The number of carbonyl (C=O) groups is 1. The molecule has 5 rings (SSSR count). The summed E-state index contributed by atoms with van der Waals surface area (Å²) < 4.78 is 17.7. The van der Waals surface area contributed by atoms with Gasteiger partial charge in [-0.1, -0.05) is 24.3 Å². The van der Waals surface area contributed by atoms with Crippen molar-refractivity contribution in [2.75, 3.05) is 14.2 Å². The lowest BCUT2D eigenvalue weighted by molar-refractivity contribution is 0.0951. The topological polar surface area (TPSA) is 95.6 Å². The van der Waals surface area contributed by atoms with Gasteiger partial charge >= 0.3 is 0 Å². The van der Waals surface area contributed by atoms with Crippen LogP contribution in [0.4, 0.5) is 0 Å². The minimum atomic E-state index is -0.307. The van der Waals surface area contributed by atoms with Crippen LogP contribution in [0, 0.1) is 0 Å². The molecule has 2 heterocycles. The third-order valence-corrected chi connectivity index (χ3v) is 5.53. The van der Waals surface area contributed by atoms with E-state index in [0.717, 1.165) is 16.7 Å². The first-order valence-electron chi connectivity index (χ1n) is 10.6. The van der Waals surface area contributed by atoms with Crippen molar-refractivity contribution in [1.82, 2.24) is 15.1 Å². The Morgan fingerprint density at radius 1 is 1.00 bits per heavy atom. The van der Waals surface area contributed by atoms with Crippen molar-refractivity contribution in [3.05, 3.63) is 94.3 Å². The number of amides is 1. The standard InChI is InChI=1S/C26H21N3O5/c1-32-20-7-3-5-16(13-20)15-27-24(30)17-9-11-19(12-10-17)29-26(31)21-14-18-6-4-8-22(33-2)23(18)34-25(21)28-29/h3-14H,15H2,1-2H3,(H,27,30). The first-order chi connectivity index (χ1) is 16.6. The maximum Gasteiger partial charge on any atom is 0.284 e. The monoisotopic (exact) mass is 455 g/mol. The van der Waals surface area contributed by atoms with Crippen LogP contribution in [0.5, 0.6) is 11.5 Å². The highest BCUT2D eigenvalue weighted by Gasteiger charge is 2.21. The fourth-order valence-electron chi connectivity index (χ4n) is 3.76. The van der Waals surface area contributed by atoms with Gasteiger partial charge in [0.2, 0.25) is 5.89 Å². The van der Waals surface area contributed by atoms with Crippen LogP contribution in [0.3, 0.4) is 0 Å². The number of hydrogen-bond donors (Lipinski definition) is 1. The molecule has 0 atom stereocenters. The van der Waals surface area contributed by atoms with Crippen LogP contribution in [0.25, 0.3) is 28.1 Å². The molecule has 2 aliphatic rings. The molecule has 2 aliphatic heterocycles. The molecule has 1 amide bonds. The molecule has 0 saturated heterocycles. The van der Waals surface area contributed by atoms with E-state index in [1.807, 2.05) is 36.4 Å². The second kappa shape index (κ2) is 8.74. The van der Waals surface area contributed by atoms with Crippen LogP contribution in [0.2, 0.25) is 0 Å². The third kappa shape index (κ3) is 3.86. The highest BCUT2D eigenvalue weighted by molar-refractivity contribution is 5.94. The van der Waals surface area contributed by atoms with E-state index < -0.39 is 0 Å². The number of hydrogen-bond acceptors (Lipinski definition) is 6. The van der Waals surface area contributed by atoms with E-state index in [2.05, 4.69) is 10.4 Å². The van der Waals surface area contributed by atoms with Gasteiger partial charge in [0.1, 0.15) is 11.3 Å². The number of nitrogens with one attached hydrogen (secondary N) is 1. The molecule has 3 aromatic rings. The molecule has 0 radical (unpaired) electrons. The molecule has 8 nitrogen and oxygen atoms in total. The van der Waals surface area contributed by atoms with Gasteiger partial charge in [-0.05, 0) is 54.1 Å². The summed E-state index contributed by atoms with van der Waals surface area (Å²) in [6.45, 7) is 0.367. The van der Waals surface area contributed by atoms with E-state index in [1.54, 1.807) is 50.6 Å². The van der Waals surface area contributed by atoms with Crippen molar-refractivity contribution < 1.29 is 18.7 Å². The Labute approximate surface area is 194 Å². The van der Waals surface area contributed by atoms with E-state index in [1.165, 1.54) is 4.68 Å². The minimum Gasteiger partial charge on any atom is -0.497 e. The zero-order valence-electron chi connectivity index (χ0n) is 18.6. The van der Waals surface area contributed by atoms with Gasteiger partial charge in [-0.15, -0.1) is 5.10 Å².